The predicted octanol–water partition coefficient (Wildman–Crippen LogP) is 5.92. The normalized spacial score (nSPS) is 38.6. The van der Waals surface area contributed by atoms with Crippen molar-refractivity contribution in [3.8, 4) is 0 Å². The minimum atomic E-state index is -3.72. The SMILES string of the molecule is CO[C@@H]1C[C@H](C[C@@H](C)[C@@H]2CC[C@H](C)/C=C(\C)[C@@H](O)[C@@H](OC)C(=O)[C@H](C)C[C@H](C)/C=C/C=C/C=C(\C)[C@@H](NS(C)(=O)=O)C[C@@H]3CC[C@@H](C)[C@@](O)(O3)C(=O)C(=O)N3CCCC[C@H]3C(=O)O2)CC[C@H]1OCCO. The number of aliphatic hydroxyl groups excluding tert-OH is 2. The van der Waals surface area contributed by atoms with Gasteiger partial charge in [-0.05, 0) is 127 Å². The molecule has 1 amide bonds. The van der Waals surface area contributed by atoms with E-state index in [4.69, 9.17) is 23.7 Å². The lowest BCUT2D eigenvalue weighted by atomic mass is 9.78. The summed E-state index contributed by atoms with van der Waals surface area (Å²) in [7, 11) is -0.652. The molecule has 17 heteroatoms. The topological polar surface area (TPSA) is 225 Å². The number of allylic oxidation sites excluding steroid dienone is 6. The number of sulfonamides is 1. The number of aliphatic hydroxyl groups is 3. The highest BCUT2D eigenvalue weighted by molar-refractivity contribution is 7.88. The molecule has 4 N–H and O–H groups in total. The first-order valence-electron chi connectivity index (χ1n) is 25.7. The molecular weight excluding hydrogens is 921 g/mol. The van der Waals surface area contributed by atoms with E-state index in [2.05, 4.69) is 4.72 Å². The number of hydrogen-bond acceptors (Lipinski definition) is 14. The van der Waals surface area contributed by atoms with E-state index in [-0.39, 0.29) is 74.3 Å². The summed E-state index contributed by atoms with van der Waals surface area (Å²) in [6.07, 6.45) is 14.8. The van der Waals surface area contributed by atoms with Crippen molar-refractivity contribution in [2.45, 2.75) is 186 Å². The van der Waals surface area contributed by atoms with E-state index in [1.165, 1.54) is 12.0 Å². The highest BCUT2D eigenvalue weighted by atomic mass is 32.2. The van der Waals surface area contributed by atoms with Gasteiger partial charge in [-0.15, -0.1) is 0 Å². The second-order valence-corrected chi connectivity index (χ2v) is 22.8. The molecule has 4 rings (SSSR count). The number of carbonyl (C=O) groups is 4. The van der Waals surface area contributed by atoms with E-state index in [0.717, 1.165) is 25.5 Å². The zero-order valence-electron chi connectivity index (χ0n) is 43.5. The van der Waals surface area contributed by atoms with Crippen LogP contribution in [0.25, 0.3) is 0 Å². The number of rotatable bonds is 10. The number of piperidine rings is 1. The molecule has 0 radical (unpaired) electrons. The van der Waals surface area contributed by atoms with Crippen LogP contribution in [0.5, 0.6) is 0 Å². The van der Waals surface area contributed by atoms with E-state index in [1.807, 2.05) is 45.9 Å². The molecule has 15 atom stereocenters. The van der Waals surface area contributed by atoms with Crippen LogP contribution in [0.15, 0.2) is 47.6 Å². The Morgan fingerprint density at radius 3 is 2.27 bits per heavy atom. The molecule has 1 aliphatic carbocycles. The zero-order chi connectivity index (χ0) is 51.9. The first kappa shape index (κ1) is 59.4. The molecule has 0 unspecified atom stereocenters. The maximum absolute atomic E-state index is 14.5. The molecule has 4 aliphatic rings. The van der Waals surface area contributed by atoms with Crippen LogP contribution in [0.4, 0.5) is 0 Å². The van der Waals surface area contributed by atoms with Crippen LogP contribution in [0.3, 0.4) is 0 Å². The maximum atomic E-state index is 14.5. The predicted molar refractivity (Wildman–Crippen MR) is 267 cm³/mol. The molecule has 398 valence electrons. The lowest BCUT2D eigenvalue weighted by molar-refractivity contribution is -0.264. The van der Waals surface area contributed by atoms with Crippen LogP contribution < -0.4 is 4.72 Å². The number of ether oxygens (including phenoxy) is 5. The molecule has 1 saturated carbocycles. The number of carbonyl (C=O) groups excluding carboxylic acids is 4. The van der Waals surface area contributed by atoms with Gasteiger partial charge in [0.05, 0.1) is 37.8 Å². The average molecular weight is 1010 g/mol. The van der Waals surface area contributed by atoms with Gasteiger partial charge in [0.15, 0.2) is 5.78 Å². The summed E-state index contributed by atoms with van der Waals surface area (Å²) in [5.41, 5.74) is 1.22. The Labute approximate surface area is 418 Å². The molecule has 3 aliphatic heterocycles. The lowest BCUT2D eigenvalue weighted by Crippen LogP contribution is -2.61. The lowest BCUT2D eigenvalue weighted by Gasteiger charge is -2.43. The van der Waals surface area contributed by atoms with Gasteiger partial charge in [0.2, 0.25) is 15.8 Å². The molecule has 0 spiro atoms. The summed E-state index contributed by atoms with van der Waals surface area (Å²) in [4.78, 5) is 58.2. The number of methoxy groups -OCH3 is 2. The fourth-order valence-electron chi connectivity index (χ4n) is 10.8. The Kier molecular flexibility index (Phi) is 23.6. The standard InChI is InChI=1S/C53H86N2O14S/c1-33-16-12-11-13-17-35(3)42(54-70(10,63)64)32-41-22-20-39(7)53(62,69-41)50(59)51(60)55-25-15-14-18-43(55)52(61)68-44(36(4)30-40-21-24-45(67-27-26-56)46(31-40)65-8)23-19-34(2)29-38(6)48(58)49(66-9)47(57)37(5)28-33/h11-13,16-17,29,33-34,36-37,39-46,48-49,54,56,58,62H,14-15,18-28,30-32H2,1-10H3/b13-11+,16-12+,35-17+,38-29+/t33-,34+,36-,37-,39-,40+,41+,42+,43+,44+,45-,46-,48-,49+,53-/m1/s1. The third-order valence-electron chi connectivity index (χ3n) is 15.0. The number of hydrogen-bond donors (Lipinski definition) is 4. The van der Waals surface area contributed by atoms with E-state index < -0.39 is 81.8 Å². The van der Waals surface area contributed by atoms with Gasteiger partial charge in [-0.3, -0.25) is 14.4 Å². The van der Waals surface area contributed by atoms with Gasteiger partial charge < -0.3 is 43.9 Å². The van der Waals surface area contributed by atoms with E-state index in [1.54, 1.807) is 46.1 Å². The second kappa shape index (κ2) is 27.8. The molecular formula is C53H86N2O14S. The number of Topliss-reactive ketones (excluding diaryl/α,β-unsaturated/α-hetero) is 2. The summed E-state index contributed by atoms with van der Waals surface area (Å²) in [5.74, 6) is -6.84. The molecule has 16 nitrogen and oxygen atoms in total. The number of amides is 1. The van der Waals surface area contributed by atoms with Crippen molar-refractivity contribution in [2.24, 2.45) is 35.5 Å². The number of esters is 1. The van der Waals surface area contributed by atoms with E-state index in [0.29, 0.717) is 62.5 Å². The van der Waals surface area contributed by atoms with Gasteiger partial charge >= 0.3 is 5.97 Å². The molecule has 0 aromatic rings. The summed E-state index contributed by atoms with van der Waals surface area (Å²) < 4.78 is 57.8. The summed E-state index contributed by atoms with van der Waals surface area (Å²) in [5, 5.41) is 32.9. The van der Waals surface area contributed by atoms with Crippen molar-refractivity contribution in [1.82, 2.24) is 9.62 Å². The van der Waals surface area contributed by atoms with Crippen LogP contribution in [0.2, 0.25) is 0 Å². The third kappa shape index (κ3) is 17.0. The Hall–Kier alpha value is -3.13. The maximum Gasteiger partial charge on any atom is 0.329 e. The fourth-order valence-corrected chi connectivity index (χ4v) is 11.6. The van der Waals surface area contributed by atoms with Crippen molar-refractivity contribution >= 4 is 33.5 Å². The number of nitrogens with zero attached hydrogens (tertiary/aromatic N) is 1. The molecule has 70 heavy (non-hydrogen) atoms. The third-order valence-corrected chi connectivity index (χ3v) is 15.8. The highest BCUT2D eigenvalue weighted by Crippen LogP contribution is 2.38. The number of cyclic esters (lactones) is 1. The van der Waals surface area contributed by atoms with Crippen LogP contribution in [-0.2, 0) is 52.9 Å². The van der Waals surface area contributed by atoms with Crippen molar-refractivity contribution < 1.29 is 66.6 Å². The Balaban J connectivity index is 1.70. The average Bonchev–Trinajstić information content (AvgIpc) is 3.31. The van der Waals surface area contributed by atoms with Crippen molar-refractivity contribution in [3.05, 3.63) is 47.6 Å². The van der Waals surface area contributed by atoms with Crippen molar-refractivity contribution in [2.75, 3.05) is 40.2 Å². The first-order valence-corrected chi connectivity index (χ1v) is 27.6. The van der Waals surface area contributed by atoms with Crippen LogP contribution in [0.1, 0.15) is 132 Å². The zero-order valence-corrected chi connectivity index (χ0v) is 44.4. The highest BCUT2D eigenvalue weighted by Gasteiger charge is 2.53. The van der Waals surface area contributed by atoms with E-state index in [9.17, 15) is 42.9 Å². The first-order chi connectivity index (χ1) is 33.0. The fraction of sp³-hybridized carbons (Fsp3) is 0.774. The van der Waals surface area contributed by atoms with E-state index >= 15 is 0 Å². The minimum Gasteiger partial charge on any atom is -0.461 e. The molecule has 0 aromatic heterocycles. The summed E-state index contributed by atoms with van der Waals surface area (Å²) in [6.45, 7) is 13.3. The Bertz CT molecular complexity index is 1970. The van der Waals surface area contributed by atoms with Gasteiger partial charge in [-0.2, -0.15) is 0 Å². The van der Waals surface area contributed by atoms with Gasteiger partial charge in [-0.1, -0.05) is 76.6 Å². The quantitative estimate of drug-likeness (QED) is 0.113. The molecule has 2 saturated heterocycles. The van der Waals surface area contributed by atoms with Gasteiger partial charge in [0, 0.05) is 38.6 Å². The minimum absolute atomic E-state index is 0.0117. The van der Waals surface area contributed by atoms with Crippen molar-refractivity contribution in [1.29, 1.82) is 0 Å². The van der Waals surface area contributed by atoms with Crippen LogP contribution in [0, 0.1) is 35.5 Å². The molecule has 2 bridgehead atoms. The molecule has 3 fully saturated rings. The smallest absolute Gasteiger partial charge is 0.329 e. The van der Waals surface area contributed by atoms with Gasteiger partial charge in [0.1, 0.15) is 24.4 Å². The number of ketones is 2. The van der Waals surface area contributed by atoms with Crippen LogP contribution in [-0.4, -0.2) is 147 Å². The molecule has 3 heterocycles. The Morgan fingerprint density at radius 1 is 0.871 bits per heavy atom. The second-order valence-electron chi connectivity index (χ2n) is 21.0. The number of nitrogens with one attached hydrogen (secondary N) is 1. The van der Waals surface area contributed by atoms with Gasteiger partial charge in [-0.25, -0.2) is 17.9 Å². The largest absolute Gasteiger partial charge is 0.461 e. The Morgan fingerprint density at radius 2 is 1.60 bits per heavy atom. The summed E-state index contributed by atoms with van der Waals surface area (Å²) >= 11 is 0. The number of fused-ring (bicyclic) bond motifs is 3. The monoisotopic (exact) mass is 1010 g/mol. The van der Waals surface area contributed by atoms with Crippen LogP contribution >= 0.6 is 0 Å². The summed E-state index contributed by atoms with van der Waals surface area (Å²) in [6, 6.07) is -1.86. The molecule has 0 aromatic carbocycles. The van der Waals surface area contributed by atoms with Gasteiger partial charge in [0.25, 0.3) is 11.7 Å². The van der Waals surface area contributed by atoms with Crippen molar-refractivity contribution in [3.63, 3.8) is 0 Å².